The first-order valence-corrected chi connectivity index (χ1v) is 8.52. The van der Waals surface area contributed by atoms with Crippen molar-refractivity contribution in [2.24, 2.45) is 0 Å². The number of para-hydroxylation sites is 1. The Bertz CT molecular complexity index is 728. The first-order valence-electron chi connectivity index (χ1n) is 6.97. The molecular weight excluding hydrogens is 303 g/mol. The lowest BCUT2D eigenvalue weighted by atomic mass is 10.2. The van der Waals surface area contributed by atoms with Gasteiger partial charge in [0.2, 0.25) is 10.0 Å². The van der Waals surface area contributed by atoms with E-state index in [1.165, 1.54) is 6.07 Å². The van der Waals surface area contributed by atoms with Gasteiger partial charge in [0.25, 0.3) is 0 Å². The van der Waals surface area contributed by atoms with Gasteiger partial charge in [0, 0.05) is 12.2 Å². The molecule has 6 heteroatoms. The molecule has 0 aliphatic rings. The molecule has 2 aromatic carbocycles. The molecule has 22 heavy (non-hydrogen) atoms. The van der Waals surface area contributed by atoms with Crippen LogP contribution in [0.5, 0.6) is 0 Å². The SMILES string of the molecule is CC(C)S(=O)(=O)Nc1ccc(CNc2ccccc2F)cc1. The number of nitrogens with one attached hydrogen (secondary N) is 2. The van der Waals surface area contributed by atoms with Crippen LogP contribution in [-0.2, 0) is 16.6 Å². The lowest BCUT2D eigenvalue weighted by molar-refractivity contribution is 0.593. The molecule has 2 N–H and O–H groups in total. The van der Waals surface area contributed by atoms with Crippen LogP contribution in [0.15, 0.2) is 48.5 Å². The molecule has 0 amide bonds. The van der Waals surface area contributed by atoms with Gasteiger partial charge in [-0.05, 0) is 43.7 Å². The van der Waals surface area contributed by atoms with Crippen LogP contribution in [0.4, 0.5) is 15.8 Å². The molecule has 0 saturated heterocycles. The Balaban J connectivity index is 1.99. The molecule has 0 fully saturated rings. The highest BCUT2D eigenvalue weighted by atomic mass is 32.2. The Morgan fingerprint density at radius 3 is 2.27 bits per heavy atom. The summed E-state index contributed by atoms with van der Waals surface area (Å²) in [5.41, 5.74) is 1.88. The Labute approximate surface area is 130 Å². The topological polar surface area (TPSA) is 58.2 Å². The molecular formula is C16H19FN2O2S. The molecule has 2 rings (SSSR count). The van der Waals surface area contributed by atoms with Gasteiger partial charge in [-0.3, -0.25) is 4.72 Å². The van der Waals surface area contributed by atoms with Crippen molar-refractivity contribution in [3.8, 4) is 0 Å². The molecule has 0 heterocycles. The first kappa shape index (κ1) is 16.3. The number of sulfonamides is 1. The van der Waals surface area contributed by atoms with Crippen molar-refractivity contribution >= 4 is 21.4 Å². The number of rotatable bonds is 6. The lowest BCUT2D eigenvalue weighted by Crippen LogP contribution is -2.22. The average Bonchev–Trinajstić information content (AvgIpc) is 2.47. The second kappa shape index (κ2) is 6.79. The smallest absolute Gasteiger partial charge is 0.235 e. The minimum absolute atomic E-state index is 0.302. The van der Waals surface area contributed by atoms with E-state index in [9.17, 15) is 12.8 Å². The number of hydrogen-bond donors (Lipinski definition) is 2. The zero-order valence-electron chi connectivity index (χ0n) is 12.5. The van der Waals surface area contributed by atoms with Gasteiger partial charge >= 0.3 is 0 Å². The van der Waals surface area contributed by atoms with Gasteiger partial charge in [-0.2, -0.15) is 0 Å². The third-order valence-corrected chi connectivity index (χ3v) is 4.95. The van der Waals surface area contributed by atoms with Crippen molar-refractivity contribution in [3.63, 3.8) is 0 Å². The molecule has 0 aliphatic heterocycles. The molecule has 0 unspecified atom stereocenters. The highest BCUT2D eigenvalue weighted by molar-refractivity contribution is 7.93. The van der Waals surface area contributed by atoms with Gasteiger partial charge in [0.1, 0.15) is 5.82 Å². The Morgan fingerprint density at radius 1 is 1.05 bits per heavy atom. The third-order valence-electron chi connectivity index (χ3n) is 3.19. The highest BCUT2D eigenvalue weighted by Crippen LogP contribution is 2.16. The molecule has 0 spiro atoms. The van der Waals surface area contributed by atoms with Gasteiger partial charge < -0.3 is 5.32 Å². The number of hydrogen-bond acceptors (Lipinski definition) is 3. The number of anilines is 2. The Morgan fingerprint density at radius 2 is 1.68 bits per heavy atom. The molecule has 0 radical (unpaired) electrons. The van der Waals surface area contributed by atoms with Crippen molar-refractivity contribution in [2.75, 3.05) is 10.0 Å². The van der Waals surface area contributed by atoms with E-state index in [0.717, 1.165) is 5.56 Å². The van der Waals surface area contributed by atoms with Crippen LogP contribution < -0.4 is 10.0 Å². The second-order valence-corrected chi connectivity index (χ2v) is 7.46. The van der Waals surface area contributed by atoms with E-state index >= 15 is 0 Å². The molecule has 4 nitrogen and oxygen atoms in total. The monoisotopic (exact) mass is 322 g/mol. The maximum atomic E-state index is 13.5. The minimum atomic E-state index is -3.34. The van der Waals surface area contributed by atoms with E-state index in [1.54, 1.807) is 56.3 Å². The largest absolute Gasteiger partial charge is 0.379 e. The predicted octanol–water partition coefficient (Wildman–Crippen LogP) is 3.59. The maximum absolute atomic E-state index is 13.5. The maximum Gasteiger partial charge on any atom is 0.235 e. The van der Waals surface area contributed by atoms with Gasteiger partial charge in [0.05, 0.1) is 10.9 Å². The summed E-state index contributed by atoms with van der Waals surface area (Å²) in [5.74, 6) is -0.302. The van der Waals surface area contributed by atoms with E-state index in [2.05, 4.69) is 10.0 Å². The van der Waals surface area contributed by atoms with Crippen LogP contribution in [-0.4, -0.2) is 13.7 Å². The summed E-state index contributed by atoms with van der Waals surface area (Å²) in [6.07, 6.45) is 0. The lowest BCUT2D eigenvalue weighted by Gasteiger charge is -2.12. The minimum Gasteiger partial charge on any atom is -0.379 e. The molecule has 2 aromatic rings. The summed E-state index contributed by atoms with van der Waals surface area (Å²) in [4.78, 5) is 0. The Hall–Kier alpha value is -2.08. The van der Waals surface area contributed by atoms with Crippen LogP contribution in [0, 0.1) is 5.82 Å². The first-order chi connectivity index (χ1) is 10.4. The fraction of sp³-hybridized carbons (Fsp3) is 0.250. The molecule has 0 bridgehead atoms. The van der Waals surface area contributed by atoms with Crippen LogP contribution in [0.25, 0.3) is 0 Å². The quantitative estimate of drug-likeness (QED) is 0.854. The van der Waals surface area contributed by atoms with Crippen molar-refractivity contribution < 1.29 is 12.8 Å². The normalized spacial score (nSPS) is 11.5. The molecule has 0 atom stereocenters. The van der Waals surface area contributed by atoms with Gasteiger partial charge in [-0.25, -0.2) is 12.8 Å². The summed E-state index contributed by atoms with van der Waals surface area (Å²) >= 11 is 0. The van der Waals surface area contributed by atoms with Gasteiger partial charge in [0.15, 0.2) is 0 Å². The summed E-state index contributed by atoms with van der Waals surface area (Å²) < 4.78 is 39.5. The zero-order valence-corrected chi connectivity index (χ0v) is 13.3. The van der Waals surface area contributed by atoms with E-state index in [-0.39, 0.29) is 5.82 Å². The summed E-state index contributed by atoms with van der Waals surface area (Å²) in [5, 5.41) is 2.51. The van der Waals surface area contributed by atoms with Crippen molar-refractivity contribution in [3.05, 3.63) is 59.9 Å². The standard InChI is InChI=1S/C16H19FN2O2S/c1-12(2)22(20,21)19-14-9-7-13(8-10-14)11-18-16-6-4-3-5-15(16)17/h3-10,12,18-19H,11H2,1-2H3. The van der Waals surface area contributed by atoms with Gasteiger partial charge in [-0.1, -0.05) is 24.3 Å². The predicted molar refractivity (Wildman–Crippen MR) is 87.8 cm³/mol. The van der Waals surface area contributed by atoms with Crippen molar-refractivity contribution in [1.29, 1.82) is 0 Å². The molecule has 0 aromatic heterocycles. The summed E-state index contributed by atoms with van der Waals surface area (Å²) in [7, 11) is -3.34. The molecule has 118 valence electrons. The molecule has 0 aliphatic carbocycles. The fourth-order valence-electron chi connectivity index (χ4n) is 1.77. The van der Waals surface area contributed by atoms with Crippen molar-refractivity contribution in [1.82, 2.24) is 0 Å². The average molecular weight is 322 g/mol. The van der Waals surface area contributed by atoms with Crippen LogP contribution in [0.1, 0.15) is 19.4 Å². The van der Waals surface area contributed by atoms with E-state index in [1.807, 2.05) is 0 Å². The fourth-order valence-corrected chi connectivity index (χ4v) is 2.47. The van der Waals surface area contributed by atoms with E-state index in [0.29, 0.717) is 17.9 Å². The summed E-state index contributed by atoms with van der Waals surface area (Å²) in [6.45, 7) is 3.70. The molecule has 0 saturated carbocycles. The van der Waals surface area contributed by atoms with Crippen LogP contribution >= 0.6 is 0 Å². The van der Waals surface area contributed by atoms with E-state index < -0.39 is 15.3 Å². The van der Waals surface area contributed by atoms with Crippen LogP contribution in [0.2, 0.25) is 0 Å². The van der Waals surface area contributed by atoms with Gasteiger partial charge in [-0.15, -0.1) is 0 Å². The number of benzene rings is 2. The van der Waals surface area contributed by atoms with Crippen molar-refractivity contribution in [2.45, 2.75) is 25.6 Å². The second-order valence-electron chi connectivity index (χ2n) is 5.23. The Kier molecular flexibility index (Phi) is 5.03. The number of halogens is 1. The zero-order chi connectivity index (χ0) is 16.2. The van der Waals surface area contributed by atoms with Crippen LogP contribution in [0.3, 0.4) is 0 Å². The summed E-state index contributed by atoms with van der Waals surface area (Å²) in [6, 6.07) is 13.4. The van der Waals surface area contributed by atoms with E-state index in [4.69, 9.17) is 0 Å². The highest BCUT2D eigenvalue weighted by Gasteiger charge is 2.15. The third kappa shape index (κ3) is 4.21.